The van der Waals surface area contributed by atoms with Crippen molar-refractivity contribution in [3.05, 3.63) is 56.2 Å². The first-order chi connectivity index (χ1) is 12.5. The molecule has 4 nitrogen and oxygen atoms in total. The molecule has 0 spiro atoms. The summed E-state index contributed by atoms with van der Waals surface area (Å²) in [5.41, 5.74) is 2.68. The number of thiophene rings is 1. The smallest absolute Gasteiger partial charge is 0.260 e. The zero-order valence-electron chi connectivity index (χ0n) is 15.1. The van der Waals surface area contributed by atoms with Gasteiger partial charge in [-0.25, -0.2) is 4.98 Å². The molecule has 0 radical (unpaired) electrons. The zero-order valence-corrected chi connectivity index (χ0v) is 16.8. The summed E-state index contributed by atoms with van der Waals surface area (Å²) in [7, 11) is 0. The van der Waals surface area contributed by atoms with Crippen molar-refractivity contribution >= 4 is 33.3 Å². The third-order valence-electron chi connectivity index (χ3n) is 4.59. The molecule has 0 fully saturated rings. The summed E-state index contributed by atoms with van der Waals surface area (Å²) < 4.78 is 0. The predicted octanol–water partition coefficient (Wildman–Crippen LogP) is 5.05. The van der Waals surface area contributed by atoms with Gasteiger partial charge in [0.25, 0.3) is 5.56 Å². The predicted molar refractivity (Wildman–Crippen MR) is 109 cm³/mol. The van der Waals surface area contributed by atoms with Gasteiger partial charge in [-0.05, 0) is 36.5 Å². The van der Waals surface area contributed by atoms with Gasteiger partial charge in [-0.3, -0.25) is 4.79 Å². The fraction of sp³-hybridized carbons (Fsp3) is 0.350. The molecule has 1 aromatic carbocycles. The molecule has 3 rings (SSSR count). The molecule has 0 saturated carbocycles. The van der Waals surface area contributed by atoms with E-state index in [1.807, 2.05) is 18.2 Å². The summed E-state index contributed by atoms with van der Waals surface area (Å²) >= 11 is 3.05. The zero-order chi connectivity index (χ0) is 18.7. The number of benzene rings is 1. The maximum absolute atomic E-state index is 12.7. The molecule has 1 atom stereocenters. The molecule has 134 valence electrons. The third kappa shape index (κ3) is 3.84. The van der Waals surface area contributed by atoms with Gasteiger partial charge in [-0.1, -0.05) is 50.2 Å². The van der Waals surface area contributed by atoms with E-state index in [9.17, 15) is 10.1 Å². The number of thioether (sulfide) groups is 1. The first-order valence-corrected chi connectivity index (χ1v) is 10.5. The van der Waals surface area contributed by atoms with Gasteiger partial charge in [-0.2, -0.15) is 5.26 Å². The number of aryl methyl sites for hydroxylation is 1. The molecule has 0 saturated heterocycles. The number of fused-ring (bicyclic) bond motifs is 1. The highest BCUT2D eigenvalue weighted by atomic mass is 32.2. The molecule has 6 heteroatoms. The minimum atomic E-state index is -0.0614. The minimum Gasteiger partial charge on any atom is -0.301 e. The van der Waals surface area contributed by atoms with Crippen LogP contribution in [0.3, 0.4) is 0 Å². The number of nitriles is 1. The van der Waals surface area contributed by atoms with Crippen molar-refractivity contribution in [1.82, 2.24) is 9.97 Å². The highest BCUT2D eigenvalue weighted by molar-refractivity contribution is 7.98. The monoisotopic (exact) mass is 383 g/mol. The standard InChI is InChI=1S/C20H21N3OS2/c1-4-12(2)9-16-13(3)26-19-17(16)18(24)22-20(23-19)25-11-15-8-6-5-7-14(15)10-21/h5-8,12H,4,9,11H2,1-3H3,(H,22,23,24). The summed E-state index contributed by atoms with van der Waals surface area (Å²) in [5.74, 6) is 1.14. The van der Waals surface area contributed by atoms with Crippen LogP contribution in [0.2, 0.25) is 0 Å². The van der Waals surface area contributed by atoms with E-state index in [0.717, 1.165) is 34.2 Å². The van der Waals surface area contributed by atoms with Gasteiger partial charge in [0.05, 0.1) is 17.0 Å². The summed E-state index contributed by atoms with van der Waals surface area (Å²) in [4.78, 5) is 22.3. The number of rotatable bonds is 6. The molecule has 0 aliphatic heterocycles. The van der Waals surface area contributed by atoms with Crippen LogP contribution in [-0.4, -0.2) is 9.97 Å². The summed E-state index contributed by atoms with van der Waals surface area (Å²) in [5, 5.41) is 10.5. The molecule has 0 bridgehead atoms. The van der Waals surface area contributed by atoms with Crippen LogP contribution in [-0.2, 0) is 12.2 Å². The van der Waals surface area contributed by atoms with E-state index in [-0.39, 0.29) is 5.56 Å². The Morgan fingerprint density at radius 2 is 2.15 bits per heavy atom. The van der Waals surface area contributed by atoms with E-state index in [1.165, 1.54) is 16.6 Å². The topological polar surface area (TPSA) is 69.5 Å². The molecule has 2 aromatic heterocycles. The van der Waals surface area contributed by atoms with Crippen LogP contribution in [0, 0.1) is 24.2 Å². The Hall–Kier alpha value is -2.10. The number of nitrogens with one attached hydrogen (secondary N) is 1. The van der Waals surface area contributed by atoms with Crippen LogP contribution in [0.4, 0.5) is 0 Å². The second kappa shape index (κ2) is 8.07. The lowest BCUT2D eigenvalue weighted by molar-refractivity contribution is 0.561. The fourth-order valence-electron chi connectivity index (χ4n) is 2.86. The Balaban J connectivity index is 1.90. The van der Waals surface area contributed by atoms with Gasteiger partial charge < -0.3 is 4.98 Å². The third-order valence-corrected chi connectivity index (χ3v) is 6.56. The van der Waals surface area contributed by atoms with Gasteiger partial charge in [0.15, 0.2) is 5.16 Å². The lowest BCUT2D eigenvalue weighted by Gasteiger charge is -2.08. The SMILES string of the molecule is CCC(C)Cc1c(C)sc2nc(SCc3ccccc3C#N)[nH]c(=O)c12. The Bertz CT molecular complexity index is 1030. The molecule has 3 aromatic rings. The number of hydrogen-bond acceptors (Lipinski definition) is 5. The molecule has 0 aliphatic carbocycles. The van der Waals surface area contributed by atoms with Crippen LogP contribution in [0.15, 0.2) is 34.2 Å². The second-order valence-corrected chi connectivity index (χ2v) is 8.63. The quantitative estimate of drug-likeness (QED) is 0.478. The van der Waals surface area contributed by atoms with E-state index in [4.69, 9.17) is 0 Å². The van der Waals surface area contributed by atoms with Crippen LogP contribution < -0.4 is 5.56 Å². The minimum absolute atomic E-state index is 0.0614. The van der Waals surface area contributed by atoms with E-state index in [2.05, 4.69) is 36.8 Å². The molecule has 0 amide bonds. The van der Waals surface area contributed by atoms with Crippen molar-refractivity contribution in [2.75, 3.05) is 0 Å². The average Bonchev–Trinajstić information content (AvgIpc) is 2.95. The van der Waals surface area contributed by atoms with Crippen molar-refractivity contribution < 1.29 is 0 Å². The maximum Gasteiger partial charge on any atom is 0.260 e. The Kier molecular flexibility index (Phi) is 5.80. The maximum atomic E-state index is 12.7. The fourth-order valence-corrected chi connectivity index (χ4v) is 4.84. The van der Waals surface area contributed by atoms with Crippen molar-refractivity contribution in [3.8, 4) is 6.07 Å². The summed E-state index contributed by atoms with van der Waals surface area (Å²) in [6.45, 7) is 6.45. The number of nitrogens with zero attached hydrogens (tertiary/aromatic N) is 2. The normalized spacial score (nSPS) is 12.2. The molecule has 2 heterocycles. The van der Waals surface area contributed by atoms with Gasteiger partial charge in [-0.15, -0.1) is 11.3 Å². The first-order valence-electron chi connectivity index (χ1n) is 8.66. The highest BCUT2D eigenvalue weighted by Crippen LogP contribution is 2.31. The van der Waals surface area contributed by atoms with E-state index < -0.39 is 0 Å². The Morgan fingerprint density at radius 3 is 2.88 bits per heavy atom. The molecule has 1 unspecified atom stereocenters. The summed E-state index contributed by atoms with van der Waals surface area (Å²) in [6, 6.07) is 9.71. The molecule has 0 aliphatic rings. The van der Waals surface area contributed by atoms with E-state index in [1.54, 1.807) is 17.4 Å². The Labute approximate surface area is 161 Å². The number of aromatic nitrogens is 2. The van der Waals surface area contributed by atoms with Crippen LogP contribution in [0.5, 0.6) is 0 Å². The number of hydrogen-bond donors (Lipinski definition) is 1. The number of aromatic amines is 1. The number of H-pyrrole nitrogens is 1. The Morgan fingerprint density at radius 1 is 1.38 bits per heavy atom. The van der Waals surface area contributed by atoms with Gasteiger partial charge >= 0.3 is 0 Å². The van der Waals surface area contributed by atoms with E-state index in [0.29, 0.717) is 22.4 Å². The van der Waals surface area contributed by atoms with Crippen LogP contribution in [0.1, 0.15) is 41.8 Å². The average molecular weight is 384 g/mol. The van der Waals surface area contributed by atoms with Crippen LogP contribution >= 0.6 is 23.1 Å². The second-order valence-electron chi connectivity index (χ2n) is 6.46. The lowest BCUT2D eigenvalue weighted by Crippen LogP contribution is -2.11. The van der Waals surface area contributed by atoms with Gasteiger partial charge in [0.2, 0.25) is 0 Å². The first kappa shape index (κ1) is 18.7. The van der Waals surface area contributed by atoms with Gasteiger partial charge in [0, 0.05) is 10.6 Å². The van der Waals surface area contributed by atoms with Crippen molar-refractivity contribution in [2.24, 2.45) is 5.92 Å². The lowest BCUT2D eigenvalue weighted by atomic mass is 9.98. The van der Waals surface area contributed by atoms with Crippen molar-refractivity contribution in [3.63, 3.8) is 0 Å². The van der Waals surface area contributed by atoms with Crippen LogP contribution in [0.25, 0.3) is 10.2 Å². The van der Waals surface area contributed by atoms with E-state index >= 15 is 0 Å². The van der Waals surface area contributed by atoms with Gasteiger partial charge in [0.1, 0.15) is 4.83 Å². The molecule has 1 N–H and O–H groups in total. The summed E-state index contributed by atoms with van der Waals surface area (Å²) in [6.07, 6.45) is 2.00. The molecular formula is C20H21N3OS2. The molecular weight excluding hydrogens is 362 g/mol. The largest absolute Gasteiger partial charge is 0.301 e. The molecule has 26 heavy (non-hydrogen) atoms. The van der Waals surface area contributed by atoms with Crippen molar-refractivity contribution in [2.45, 2.75) is 44.5 Å². The van der Waals surface area contributed by atoms with Crippen molar-refractivity contribution in [1.29, 1.82) is 5.26 Å². The highest BCUT2D eigenvalue weighted by Gasteiger charge is 2.17.